The second kappa shape index (κ2) is 9.79. The molecule has 4 aromatic rings. The molecule has 182 valence electrons. The van der Waals surface area contributed by atoms with Gasteiger partial charge in [-0.25, -0.2) is 9.78 Å². The molecular weight excluding hydrogens is 472 g/mol. The number of benzene rings is 3. The molecule has 0 aliphatic carbocycles. The van der Waals surface area contributed by atoms with Gasteiger partial charge >= 0.3 is 5.97 Å². The van der Waals surface area contributed by atoms with Crippen LogP contribution in [-0.2, 0) is 16.0 Å². The summed E-state index contributed by atoms with van der Waals surface area (Å²) < 4.78 is 5.34. The standard InChI is InChI=1S/C28H20N4O5/c29-15-20(25-30-21-12-6-7-13-22(21)31-25)24(33)16-37-28(36)23(14-17-8-2-1-3-9-17)32-26(34)18-10-4-5-11-19(18)27(32)35/h1-13,23,33H,14,16H2,(H,30,31)/b24-20-/t23-/m0/s1. The van der Waals surface area contributed by atoms with Crippen molar-refractivity contribution in [3.05, 3.63) is 107 Å². The zero-order valence-corrected chi connectivity index (χ0v) is 19.4. The third-order valence-corrected chi connectivity index (χ3v) is 6.06. The van der Waals surface area contributed by atoms with Crippen molar-refractivity contribution in [3.8, 4) is 6.07 Å². The molecule has 0 radical (unpaired) electrons. The van der Waals surface area contributed by atoms with E-state index in [0.29, 0.717) is 16.6 Å². The highest BCUT2D eigenvalue weighted by Crippen LogP contribution is 2.27. The molecule has 1 aliphatic rings. The number of ether oxygens (including phenoxy) is 1. The van der Waals surface area contributed by atoms with Gasteiger partial charge in [-0.15, -0.1) is 0 Å². The molecular formula is C28H20N4O5. The number of hydrogen-bond donors (Lipinski definition) is 2. The Bertz CT molecular complexity index is 1530. The lowest BCUT2D eigenvalue weighted by Crippen LogP contribution is -2.47. The van der Waals surface area contributed by atoms with Crippen LogP contribution in [0.2, 0.25) is 0 Å². The smallest absolute Gasteiger partial charge is 0.330 e. The predicted octanol–water partition coefficient (Wildman–Crippen LogP) is 3.81. The van der Waals surface area contributed by atoms with Crippen molar-refractivity contribution < 1.29 is 24.2 Å². The van der Waals surface area contributed by atoms with Crippen molar-refractivity contribution in [1.29, 1.82) is 5.26 Å². The predicted molar refractivity (Wildman–Crippen MR) is 133 cm³/mol. The first-order valence-electron chi connectivity index (χ1n) is 11.4. The molecule has 2 heterocycles. The Labute approximate surface area is 211 Å². The number of rotatable bonds is 7. The van der Waals surface area contributed by atoms with Crippen LogP contribution in [0.25, 0.3) is 16.6 Å². The van der Waals surface area contributed by atoms with E-state index in [2.05, 4.69) is 9.97 Å². The molecule has 0 saturated carbocycles. The van der Waals surface area contributed by atoms with E-state index in [4.69, 9.17) is 4.74 Å². The minimum absolute atomic E-state index is 0.0182. The van der Waals surface area contributed by atoms with Gasteiger partial charge in [-0.3, -0.25) is 14.5 Å². The fourth-order valence-corrected chi connectivity index (χ4v) is 4.24. The Morgan fingerprint density at radius 3 is 2.24 bits per heavy atom. The number of aromatic amines is 1. The lowest BCUT2D eigenvalue weighted by atomic mass is 10.0. The summed E-state index contributed by atoms with van der Waals surface area (Å²) in [4.78, 5) is 47.6. The van der Waals surface area contributed by atoms with Crippen LogP contribution in [0.3, 0.4) is 0 Å². The normalized spacial score (nSPS) is 14.2. The summed E-state index contributed by atoms with van der Waals surface area (Å²) in [5.41, 5.74) is 2.20. The van der Waals surface area contributed by atoms with E-state index in [9.17, 15) is 24.8 Å². The highest BCUT2D eigenvalue weighted by Gasteiger charge is 2.43. The quantitative estimate of drug-likeness (QED) is 0.173. The van der Waals surface area contributed by atoms with E-state index in [1.807, 2.05) is 12.1 Å². The number of aliphatic hydroxyl groups excluding tert-OH is 1. The minimum Gasteiger partial charge on any atom is -0.507 e. The summed E-state index contributed by atoms with van der Waals surface area (Å²) in [6.45, 7) is -0.646. The first kappa shape index (κ1) is 23.5. The van der Waals surface area contributed by atoms with Crippen LogP contribution < -0.4 is 0 Å². The Hall–Kier alpha value is -5.23. The fourth-order valence-electron chi connectivity index (χ4n) is 4.24. The van der Waals surface area contributed by atoms with Gasteiger partial charge in [0.25, 0.3) is 11.8 Å². The maximum atomic E-state index is 13.3. The number of para-hydroxylation sites is 2. The lowest BCUT2D eigenvalue weighted by molar-refractivity contribution is -0.148. The van der Waals surface area contributed by atoms with Gasteiger partial charge < -0.3 is 14.8 Å². The number of carbonyl (C=O) groups is 3. The van der Waals surface area contributed by atoms with Crippen molar-refractivity contribution in [2.75, 3.05) is 6.61 Å². The molecule has 2 amide bonds. The first-order chi connectivity index (χ1) is 18.0. The lowest BCUT2D eigenvalue weighted by Gasteiger charge is -2.24. The van der Waals surface area contributed by atoms with Crippen molar-refractivity contribution in [1.82, 2.24) is 14.9 Å². The molecule has 2 N–H and O–H groups in total. The van der Waals surface area contributed by atoms with Crippen molar-refractivity contribution in [3.63, 3.8) is 0 Å². The van der Waals surface area contributed by atoms with Gasteiger partial charge in [0.2, 0.25) is 0 Å². The molecule has 0 bridgehead atoms. The third-order valence-electron chi connectivity index (χ3n) is 6.06. The number of aliphatic hydroxyl groups is 1. The SMILES string of the molecule is N#C/C(=C(/O)COC(=O)[C@H](Cc1ccccc1)N1C(=O)c2ccccc2C1=O)c1nc2ccccc2[nH]1. The van der Waals surface area contributed by atoms with Gasteiger partial charge in [-0.2, -0.15) is 5.26 Å². The molecule has 1 aromatic heterocycles. The van der Waals surface area contributed by atoms with Crippen LogP contribution in [0.4, 0.5) is 0 Å². The van der Waals surface area contributed by atoms with E-state index in [1.54, 1.807) is 60.7 Å². The number of nitrogens with zero attached hydrogens (tertiary/aromatic N) is 3. The van der Waals surface area contributed by atoms with Crippen LogP contribution in [0.5, 0.6) is 0 Å². The van der Waals surface area contributed by atoms with Gasteiger partial charge in [-0.1, -0.05) is 54.6 Å². The van der Waals surface area contributed by atoms with E-state index in [0.717, 1.165) is 4.90 Å². The highest BCUT2D eigenvalue weighted by atomic mass is 16.5. The van der Waals surface area contributed by atoms with Crippen LogP contribution >= 0.6 is 0 Å². The number of aromatic nitrogens is 2. The van der Waals surface area contributed by atoms with E-state index >= 15 is 0 Å². The number of amides is 2. The van der Waals surface area contributed by atoms with Crippen LogP contribution in [0.15, 0.2) is 84.6 Å². The number of fused-ring (bicyclic) bond motifs is 2. The third kappa shape index (κ3) is 4.44. The van der Waals surface area contributed by atoms with Gasteiger partial charge in [-0.05, 0) is 29.8 Å². The Kier molecular flexibility index (Phi) is 6.22. The number of hydrogen-bond acceptors (Lipinski definition) is 7. The van der Waals surface area contributed by atoms with E-state index in [1.165, 1.54) is 12.1 Å². The molecule has 9 nitrogen and oxygen atoms in total. The van der Waals surface area contributed by atoms with Gasteiger partial charge in [0.1, 0.15) is 24.3 Å². The van der Waals surface area contributed by atoms with Crippen LogP contribution in [-0.4, -0.2) is 50.4 Å². The molecule has 3 aromatic carbocycles. The summed E-state index contributed by atoms with van der Waals surface area (Å²) in [6, 6.07) is 23.0. The number of imide groups is 1. The molecule has 0 spiro atoms. The summed E-state index contributed by atoms with van der Waals surface area (Å²) >= 11 is 0. The molecule has 1 atom stereocenters. The van der Waals surface area contributed by atoms with Gasteiger partial charge in [0.05, 0.1) is 22.2 Å². The van der Waals surface area contributed by atoms with Crippen molar-refractivity contribution >= 4 is 34.4 Å². The van der Waals surface area contributed by atoms with Crippen molar-refractivity contribution in [2.24, 2.45) is 0 Å². The molecule has 1 aliphatic heterocycles. The van der Waals surface area contributed by atoms with Gasteiger partial charge in [0.15, 0.2) is 11.6 Å². The minimum atomic E-state index is -1.28. The Morgan fingerprint density at radius 1 is 0.973 bits per heavy atom. The maximum Gasteiger partial charge on any atom is 0.330 e. The maximum absolute atomic E-state index is 13.3. The summed E-state index contributed by atoms with van der Waals surface area (Å²) in [6.07, 6.45) is 0.0182. The zero-order chi connectivity index (χ0) is 25.9. The second-order valence-corrected chi connectivity index (χ2v) is 8.38. The Morgan fingerprint density at radius 2 is 1.59 bits per heavy atom. The molecule has 9 heteroatoms. The van der Waals surface area contributed by atoms with Gasteiger partial charge in [0, 0.05) is 6.42 Å². The van der Waals surface area contributed by atoms with E-state index < -0.39 is 36.2 Å². The van der Waals surface area contributed by atoms with Crippen molar-refractivity contribution in [2.45, 2.75) is 12.5 Å². The first-order valence-corrected chi connectivity index (χ1v) is 11.4. The number of imidazole rings is 1. The fraction of sp³-hybridized carbons (Fsp3) is 0.107. The molecule has 0 fully saturated rings. The van der Waals surface area contributed by atoms with Crippen LogP contribution in [0.1, 0.15) is 32.1 Å². The largest absolute Gasteiger partial charge is 0.507 e. The van der Waals surface area contributed by atoms with Crippen LogP contribution in [0, 0.1) is 11.3 Å². The second-order valence-electron chi connectivity index (χ2n) is 8.38. The number of esters is 1. The summed E-state index contributed by atoms with van der Waals surface area (Å²) in [5, 5.41) is 20.2. The summed E-state index contributed by atoms with van der Waals surface area (Å²) in [7, 11) is 0. The number of carbonyl (C=O) groups excluding carboxylic acids is 3. The molecule has 0 saturated heterocycles. The average Bonchev–Trinajstić information content (AvgIpc) is 3.46. The number of nitriles is 1. The highest BCUT2D eigenvalue weighted by molar-refractivity contribution is 6.22. The van der Waals surface area contributed by atoms with E-state index in [-0.39, 0.29) is 28.9 Å². The molecule has 37 heavy (non-hydrogen) atoms. The number of allylic oxidation sites excluding steroid dienone is 1. The Balaban J connectivity index is 1.41. The molecule has 0 unspecified atom stereocenters. The zero-order valence-electron chi connectivity index (χ0n) is 19.4. The summed E-state index contributed by atoms with van der Waals surface area (Å²) in [5.74, 6) is -2.49. The monoisotopic (exact) mass is 492 g/mol. The topological polar surface area (TPSA) is 136 Å². The number of H-pyrrole nitrogens is 1. The average molecular weight is 492 g/mol. The number of nitrogens with one attached hydrogen (secondary N) is 1. The molecule has 5 rings (SSSR count).